The van der Waals surface area contributed by atoms with Crippen LogP contribution in [0, 0.1) is 0 Å². The van der Waals surface area contributed by atoms with Crippen molar-refractivity contribution in [2.24, 2.45) is 0 Å². The molecule has 4 N–H and O–H groups in total. The van der Waals surface area contributed by atoms with Gasteiger partial charge < -0.3 is 15.7 Å². The van der Waals surface area contributed by atoms with E-state index >= 15 is 0 Å². The molecular weight excluding hydrogens is 428 g/mol. The maximum absolute atomic E-state index is 12.4. The molecule has 2 aromatic rings. The second-order valence-corrected chi connectivity index (χ2v) is 8.20. The van der Waals surface area contributed by atoms with Gasteiger partial charge in [0.1, 0.15) is 0 Å². The lowest BCUT2D eigenvalue weighted by molar-refractivity contribution is -0.125. The number of urea groups is 1. The van der Waals surface area contributed by atoms with Gasteiger partial charge in [-0.05, 0) is 48.5 Å². The fourth-order valence-corrected chi connectivity index (χ4v) is 3.79. The van der Waals surface area contributed by atoms with Gasteiger partial charge in [-0.3, -0.25) is 19.2 Å². The van der Waals surface area contributed by atoms with Gasteiger partial charge in [-0.2, -0.15) is 0 Å². The number of carboxylic acids is 1. The number of amides is 4. The van der Waals surface area contributed by atoms with Gasteiger partial charge in [0.15, 0.2) is 0 Å². The molecule has 0 atom stereocenters. The Kier molecular flexibility index (Phi) is 6.20. The number of nitrogens with one attached hydrogen (secondary N) is 3. The van der Waals surface area contributed by atoms with Gasteiger partial charge in [0.05, 0.1) is 17.0 Å². The van der Waals surface area contributed by atoms with E-state index < -0.39 is 33.8 Å². The Morgan fingerprint density at radius 1 is 1.00 bits per heavy atom. The largest absolute Gasteiger partial charge is 0.478 e. The Morgan fingerprint density at radius 3 is 2.16 bits per heavy atom. The summed E-state index contributed by atoms with van der Waals surface area (Å²) in [5.41, 5.74) is 0.601. The zero-order chi connectivity index (χ0) is 22.6. The van der Waals surface area contributed by atoms with E-state index in [4.69, 9.17) is 5.11 Å². The van der Waals surface area contributed by atoms with E-state index in [1.807, 2.05) is 0 Å². The average molecular weight is 446 g/mol. The van der Waals surface area contributed by atoms with Crippen molar-refractivity contribution < 1.29 is 32.7 Å². The lowest BCUT2D eigenvalue weighted by Crippen LogP contribution is -2.33. The number of sulfonamides is 1. The molecule has 1 aliphatic rings. The summed E-state index contributed by atoms with van der Waals surface area (Å²) in [5.74, 6) is -1.98. The number of carboxylic acid groups (broad SMARTS) is 1. The van der Waals surface area contributed by atoms with Crippen LogP contribution in [0.3, 0.4) is 0 Å². The standard InChI is InChI=1S/C19H18N4O7S/c24-16(9-10-23-17(25)11-20-19(23)28)21-13-3-5-14(6-4-13)22-31(29,30)15-7-1-12(2-8-15)18(26)27/h1-8,22H,9-11H2,(H,20,28)(H,21,24)(H,26,27). The predicted octanol–water partition coefficient (Wildman–Crippen LogP) is 1.07. The van der Waals surface area contributed by atoms with Crippen LogP contribution in [0.1, 0.15) is 16.8 Å². The van der Waals surface area contributed by atoms with Crippen molar-refractivity contribution in [3.63, 3.8) is 0 Å². The minimum Gasteiger partial charge on any atom is -0.478 e. The van der Waals surface area contributed by atoms with E-state index in [2.05, 4.69) is 15.4 Å². The first kappa shape index (κ1) is 21.8. The Morgan fingerprint density at radius 2 is 1.61 bits per heavy atom. The average Bonchev–Trinajstić information content (AvgIpc) is 3.05. The third-order valence-electron chi connectivity index (χ3n) is 4.33. The van der Waals surface area contributed by atoms with Crippen molar-refractivity contribution in [1.82, 2.24) is 10.2 Å². The monoisotopic (exact) mass is 446 g/mol. The number of nitrogens with zero attached hydrogens (tertiary/aromatic N) is 1. The predicted molar refractivity (Wildman–Crippen MR) is 109 cm³/mol. The van der Waals surface area contributed by atoms with Crippen molar-refractivity contribution in [2.75, 3.05) is 23.1 Å². The smallest absolute Gasteiger partial charge is 0.335 e. The van der Waals surface area contributed by atoms with Crippen molar-refractivity contribution >= 4 is 45.2 Å². The van der Waals surface area contributed by atoms with Crippen molar-refractivity contribution in [1.29, 1.82) is 0 Å². The highest BCUT2D eigenvalue weighted by atomic mass is 32.2. The van der Waals surface area contributed by atoms with Gasteiger partial charge >= 0.3 is 12.0 Å². The van der Waals surface area contributed by atoms with E-state index in [-0.39, 0.29) is 35.7 Å². The molecule has 1 fully saturated rings. The number of rotatable bonds is 8. The van der Waals surface area contributed by atoms with Gasteiger partial charge in [0, 0.05) is 24.3 Å². The van der Waals surface area contributed by atoms with Gasteiger partial charge in [-0.15, -0.1) is 0 Å². The summed E-state index contributed by atoms with van der Waals surface area (Å²) in [6.45, 7) is -0.128. The fraction of sp³-hybridized carbons (Fsp3) is 0.158. The van der Waals surface area contributed by atoms with Crippen molar-refractivity contribution in [2.45, 2.75) is 11.3 Å². The molecule has 0 bridgehead atoms. The normalized spacial score (nSPS) is 13.6. The van der Waals surface area contributed by atoms with Crippen LogP contribution in [0.15, 0.2) is 53.4 Å². The van der Waals surface area contributed by atoms with Crippen LogP contribution in [-0.2, 0) is 19.6 Å². The zero-order valence-electron chi connectivity index (χ0n) is 16.0. The molecule has 0 unspecified atom stereocenters. The third-order valence-corrected chi connectivity index (χ3v) is 5.73. The maximum Gasteiger partial charge on any atom is 0.335 e. The summed E-state index contributed by atoms with van der Waals surface area (Å²) < 4.78 is 27.2. The highest BCUT2D eigenvalue weighted by Crippen LogP contribution is 2.19. The fourth-order valence-electron chi connectivity index (χ4n) is 2.73. The molecule has 0 radical (unpaired) electrons. The minimum absolute atomic E-state index is 0.0335. The number of carbonyl (C=O) groups is 4. The molecule has 2 aromatic carbocycles. The summed E-state index contributed by atoms with van der Waals surface area (Å²) >= 11 is 0. The second-order valence-electron chi connectivity index (χ2n) is 6.51. The van der Waals surface area contributed by atoms with Crippen molar-refractivity contribution in [3.8, 4) is 0 Å². The Hall–Kier alpha value is -3.93. The summed E-state index contributed by atoms with van der Waals surface area (Å²) in [4.78, 5) is 46.7. The second kappa shape index (κ2) is 8.83. The van der Waals surface area contributed by atoms with Gasteiger partial charge in [0.25, 0.3) is 10.0 Å². The van der Waals surface area contributed by atoms with Crippen LogP contribution in [0.25, 0.3) is 0 Å². The van der Waals surface area contributed by atoms with Crippen molar-refractivity contribution in [3.05, 3.63) is 54.1 Å². The number of aromatic carboxylic acids is 1. The SMILES string of the molecule is O=C(CCN1C(=O)CNC1=O)Nc1ccc(NS(=O)(=O)c2ccc(C(=O)O)cc2)cc1. The number of anilines is 2. The van der Waals surface area contributed by atoms with Crippen LogP contribution in [0.5, 0.6) is 0 Å². The van der Waals surface area contributed by atoms with Crippen LogP contribution in [-0.4, -0.2) is 55.3 Å². The molecule has 1 aliphatic heterocycles. The molecule has 162 valence electrons. The molecule has 3 rings (SSSR count). The number of imide groups is 1. The lowest BCUT2D eigenvalue weighted by atomic mass is 10.2. The molecule has 0 saturated carbocycles. The van der Waals surface area contributed by atoms with E-state index in [1.165, 1.54) is 48.5 Å². The van der Waals surface area contributed by atoms with Crippen LogP contribution < -0.4 is 15.4 Å². The van der Waals surface area contributed by atoms with Crippen LogP contribution >= 0.6 is 0 Å². The van der Waals surface area contributed by atoms with Gasteiger partial charge in [-0.1, -0.05) is 0 Å². The van der Waals surface area contributed by atoms with E-state index in [9.17, 15) is 27.6 Å². The minimum atomic E-state index is -3.93. The van der Waals surface area contributed by atoms with Gasteiger partial charge in [0.2, 0.25) is 11.8 Å². The molecule has 0 aromatic heterocycles. The maximum atomic E-state index is 12.4. The molecule has 1 saturated heterocycles. The Labute approximate surface area is 177 Å². The molecule has 1 heterocycles. The highest BCUT2D eigenvalue weighted by molar-refractivity contribution is 7.92. The number of carbonyl (C=O) groups excluding carboxylic acids is 3. The molecule has 12 heteroatoms. The molecule has 0 aliphatic carbocycles. The molecule has 0 spiro atoms. The lowest BCUT2D eigenvalue weighted by Gasteiger charge is -2.12. The van der Waals surface area contributed by atoms with E-state index in [0.29, 0.717) is 5.69 Å². The van der Waals surface area contributed by atoms with E-state index in [0.717, 1.165) is 4.90 Å². The molecular formula is C19H18N4O7S. The van der Waals surface area contributed by atoms with E-state index in [1.54, 1.807) is 0 Å². The summed E-state index contributed by atoms with van der Waals surface area (Å²) in [5, 5.41) is 13.8. The first-order valence-electron chi connectivity index (χ1n) is 9.00. The van der Waals surface area contributed by atoms with Crippen LogP contribution in [0.2, 0.25) is 0 Å². The quantitative estimate of drug-likeness (QED) is 0.441. The number of hydrogen-bond donors (Lipinski definition) is 4. The number of benzene rings is 2. The molecule has 11 nitrogen and oxygen atoms in total. The Balaban J connectivity index is 1.56. The summed E-state index contributed by atoms with van der Waals surface area (Å²) in [6.07, 6.45) is -0.0835. The van der Waals surface area contributed by atoms with Gasteiger partial charge in [-0.25, -0.2) is 18.0 Å². The topological polar surface area (TPSA) is 162 Å². The summed E-state index contributed by atoms with van der Waals surface area (Å²) in [7, 11) is -3.93. The first-order chi connectivity index (χ1) is 14.7. The van der Waals surface area contributed by atoms with Crippen LogP contribution in [0.4, 0.5) is 16.2 Å². The zero-order valence-corrected chi connectivity index (χ0v) is 16.8. The Bertz CT molecular complexity index is 1110. The molecule has 4 amide bonds. The summed E-state index contributed by atoms with van der Waals surface area (Å²) in [6, 6.07) is 10.1. The molecule has 31 heavy (non-hydrogen) atoms. The number of hydrogen-bond acceptors (Lipinski definition) is 6. The first-order valence-corrected chi connectivity index (χ1v) is 10.5. The highest BCUT2D eigenvalue weighted by Gasteiger charge is 2.28. The third kappa shape index (κ3) is 5.36.